The zero-order valence-electron chi connectivity index (χ0n) is 20.2. The van der Waals surface area contributed by atoms with E-state index in [1.54, 1.807) is 23.5 Å². The second-order valence-corrected chi connectivity index (χ2v) is 13.8. The van der Waals surface area contributed by atoms with E-state index in [0.717, 1.165) is 48.1 Å². The summed E-state index contributed by atoms with van der Waals surface area (Å²) in [6.45, 7) is 0. The molecule has 0 fully saturated rings. The lowest BCUT2D eigenvalue weighted by atomic mass is 10.1. The standard InChI is InChI=1S/C32H21N2OPS2/c35-36(24-11-3-1-4-12-24,25-13-5-2-6-14-25)26-15-9-10-22(20-26)23-18-19-27-28(21-23)34-32-31(33-27)37-29-16-7-8-17-30(29)38-32/h1-21H. The number of fused-ring (bicyclic) bond motifs is 3. The Morgan fingerprint density at radius 1 is 0.474 bits per heavy atom. The van der Waals surface area contributed by atoms with Crippen LogP contribution in [-0.4, -0.2) is 9.97 Å². The van der Waals surface area contributed by atoms with Crippen molar-refractivity contribution in [2.24, 2.45) is 0 Å². The topological polar surface area (TPSA) is 42.9 Å². The molecule has 38 heavy (non-hydrogen) atoms. The first-order chi connectivity index (χ1) is 18.7. The van der Waals surface area contributed by atoms with Crippen LogP contribution in [-0.2, 0) is 4.57 Å². The quantitative estimate of drug-likeness (QED) is 0.214. The molecule has 7 rings (SSSR count). The summed E-state index contributed by atoms with van der Waals surface area (Å²) >= 11 is 3.34. The zero-order valence-corrected chi connectivity index (χ0v) is 22.7. The molecule has 0 radical (unpaired) electrons. The van der Waals surface area contributed by atoms with Crippen molar-refractivity contribution < 1.29 is 4.57 Å². The van der Waals surface area contributed by atoms with Crippen LogP contribution in [0.25, 0.3) is 22.2 Å². The van der Waals surface area contributed by atoms with Crippen molar-refractivity contribution in [3.63, 3.8) is 0 Å². The smallest absolute Gasteiger partial charge is 0.171 e. The Morgan fingerprint density at radius 2 is 1.00 bits per heavy atom. The normalized spacial score (nSPS) is 12.6. The SMILES string of the molecule is O=P(c1ccccc1)(c1ccccc1)c1cccc(-c2ccc3nc4c(nc3c2)Sc2ccccc2S4)c1. The highest BCUT2D eigenvalue weighted by atomic mass is 32.2. The van der Waals surface area contributed by atoms with E-state index >= 15 is 0 Å². The summed E-state index contributed by atoms with van der Waals surface area (Å²) in [4.78, 5) is 12.3. The summed E-state index contributed by atoms with van der Waals surface area (Å²) < 4.78 is 14.8. The van der Waals surface area contributed by atoms with Crippen molar-refractivity contribution in [3.05, 3.63) is 127 Å². The Morgan fingerprint density at radius 3 is 1.63 bits per heavy atom. The zero-order chi connectivity index (χ0) is 25.5. The summed E-state index contributed by atoms with van der Waals surface area (Å²) in [5.41, 5.74) is 3.75. The predicted molar refractivity (Wildman–Crippen MR) is 159 cm³/mol. The Labute approximate surface area is 229 Å². The van der Waals surface area contributed by atoms with Crippen LogP contribution in [0.15, 0.2) is 147 Å². The number of rotatable bonds is 4. The molecule has 0 unspecified atom stereocenters. The highest BCUT2D eigenvalue weighted by Gasteiger charge is 2.29. The Bertz CT molecular complexity index is 1820. The van der Waals surface area contributed by atoms with Crippen LogP contribution < -0.4 is 15.9 Å². The molecule has 182 valence electrons. The minimum Gasteiger partial charge on any atom is -0.309 e. The third kappa shape index (κ3) is 4.08. The van der Waals surface area contributed by atoms with Crippen molar-refractivity contribution in [1.82, 2.24) is 9.97 Å². The lowest BCUT2D eigenvalue weighted by Gasteiger charge is -2.20. The predicted octanol–water partition coefficient (Wildman–Crippen LogP) is 7.55. The molecule has 0 saturated carbocycles. The number of aromatic nitrogens is 2. The first-order valence-electron chi connectivity index (χ1n) is 12.3. The molecule has 1 aliphatic rings. The summed E-state index contributed by atoms with van der Waals surface area (Å²) in [6.07, 6.45) is 0. The van der Waals surface area contributed by atoms with Crippen LogP contribution in [0.5, 0.6) is 0 Å². The number of hydrogen-bond donors (Lipinski definition) is 0. The van der Waals surface area contributed by atoms with Crippen molar-refractivity contribution in [2.45, 2.75) is 19.8 Å². The number of benzene rings is 5. The summed E-state index contributed by atoms with van der Waals surface area (Å²) in [5.74, 6) is 0. The Balaban J connectivity index is 1.32. The van der Waals surface area contributed by atoms with E-state index in [0.29, 0.717) is 0 Å². The van der Waals surface area contributed by atoms with Crippen LogP contribution in [0.1, 0.15) is 0 Å². The first kappa shape index (κ1) is 23.5. The van der Waals surface area contributed by atoms with E-state index in [-0.39, 0.29) is 0 Å². The van der Waals surface area contributed by atoms with Gasteiger partial charge >= 0.3 is 0 Å². The van der Waals surface area contributed by atoms with Gasteiger partial charge in [0.2, 0.25) is 0 Å². The largest absolute Gasteiger partial charge is 0.309 e. The summed E-state index contributed by atoms with van der Waals surface area (Å²) in [7, 11) is -3.05. The Hall–Kier alpha value is -3.63. The van der Waals surface area contributed by atoms with Gasteiger partial charge in [-0.05, 0) is 41.5 Å². The van der Waals surface area contributed by atoms with Gasteiger partial charge in [0.25, 0.3) is 0 Å². The maximum Gasteiger partial charge on any atom is 0.171 e. The minimum atomic E-state index is -3.05. The van der Waals surface area contributed by atoms with E-state index < -0.39 is 7.14 Å². The van der Waals surface area contributed by atoms with Crippen molar-refractivity contribution >= 4 is 57.6 Å². The second kappa shape index (κ2) is 9.59. The van der Waals surface area contributed by atoms with Gasteiger partial charge in [-0.2, -0.15) is 0 Å². The van der Waals surface area contributed by atoms with Crippen LogP contribution in [0.4, 0.5) is 0 Å². The van der Waals surface area contributed by atoms with Crippen LogP contribution >= 0.6 is 30.7 Å². The van der Waals surface area contributed by atoms with Gasteiger partial charge in [0.1, 0.15) is 10.1 Å². The van der Waals surface area contributed by atoms with Crippen molar-refractivity contribution in [2.75, 3.05) is 0 Å². The van der Waals surface area contributed by atoms with Crippen LogP contribution in [0.2, 0.25) is 0 Å². The van der Waals surface area contributed by atoms with Gasteiger partial charge in [-0.25, -0.2) is 9.97 Å². The van der Waals surface area contributed by atoms with Crippen LogP contribution in [0, 0.1) is 0 Å². The lowest BCUT2D eigenvalue weighted by molar-refractivity contribution is 0.592. The fourth-order valence-electron chi connectivity index (χ4n) is 4.77. The van der Waals surface area contributed by atoms with Gasteiger partial charge in [-0.3, -0.25) is 0 Å². The molecule has 6 heteroatoms. The molecule has 0 bridgehead atoms. The molecule has 3 nitrogen and oxygen atoms in total. The van der Waals surface area contributed by atoms with Gasteiger partial charge in [0, 0.05) is 25.7 Å². The van der Waals surface area contributed by atoms with Gasteiger partial charge in [0.15, 0.2) is 7.14 Å². The molecule has 0 N–H and O–H groups in total. The molecule has 1 aliphatic heterocycles. The maximum absolute atomic E-state index is 14.8. The molecule has 0 saturated heterocycles. The van der Waals surface area contributed by atoms with E-state index in [2.05, 4.69) is 48.5 Å². The molecule has 5 aromatic carbocycles. The van der Waals surface area contributed by atoms with Crippen molar-refractivity contribution in [1.29, 1.82) is 0 Å². The van der Waals surface area contributed by atoms with E-state index in [9.17, 15) is 4.57 Å². The maximum atomic E-state index is 14.8. The van der Waals surface area contributed by atoms with E-state index in [4.69, 9.17) is 9.97 Å². The molecule has 0 amide bonds. The molecular formula is C32H21N2OPS2. The number of nitrogens with zero attached hydrogens (tertiary/aromatic N) is 2. The monoisotopic (exact) mass is 544 g/mol. The summed E-state index contributed by atoms with van der Waals surface area (Å²) in [5, 5.41) is 4.35. The molecule has 1 aromatic heterocycles. The van der Waals surface area contributed by atoms with E-state index in [1.165, 1.54) is 9.79 Å². The molecule has 0 aliphatic carbocycles. The highest BCUT2D eigenvalue weighted by Crippen LogP contribution is 2.47. The molecule has 0 atom stereocenters. The average molecular weight is 545 g/mol. The molecule has 2 heterocycles. The highest BCUT2D eigenvalue weighted by molar-refractivity contribution is 8.05. The second-order valence-electron chi connectivity index (χ2n) is 9.02. The fourth-order valence-corrected chi connectivity index (χ4v) is 9.56. The van der Waals surface area contributed by atoms with Gasteiger partial charge in [-0.1, -0.05) is 121 Å². The molecule has 6 aromatic rings. The molecular weight excluding hydrogens is 523 g/mol. The summed E-state index contributed by atoms with van der Waals surface area (Å²) in [6, 6.07) is 42.2. The Kier molecular flexibility index (Phi) is 5.93. The first-order valence-corrected chi connectivity index (χ1v) is 15.6. The van der Waals surface area contributed by atoms with E-state index in [1.807, 2.05) is 78.9 Å². The van der Waals surface area contributed by atoms with Gasteiger partial charge in [-0.15, -0.1) is 0 Å². The number of hydrogen-bond acceptors (Lipinski definition) is 5. The van der Waals surface area contributed by atoms with Crippen LogP contribution in [0.3, 0.4) is 0 Å². The molecule has 0 spiro atoms. The third-order valence-corrected chi connectivity index (χ3v) is 12.1. The van der Waals surface area contributed by atoms with Crippen molar-refractivity contribution in [3.8, 4) is 11.1 Å². The minimum absolute atomic E-state index is 0.813. The van der Waals surface area contributed by atoms with Gasteiger partial charge in [0.05, 0.1) is 11.0 Å². The van der Waals surface area contributed by atoms with Gasteiger partial charge < -0.3 is 4.57 Å². The average Bonchev–Trinajstić information content (AvgIpc) is 2.99. The lowest BCUT2D eigenvalue weighted by Crippen LogP contribution is -2.25. The fraction of sp³-hybridized carbons (Fsp3) is 0. The third-order valence-electron chi connectivity index (χ3n) is 6.65.